The zero-order chi connectivity index (χ0) is 41.6. The molecule has 3 N–H and O–H groups in total. The molecule has 1 unspecified atom stereocenters. The minimum absolute atomic E-state index is 0.00831. The lowest BCUT2D eigenvalue weighted by atomic mass is 9.32. The van der Waals surface area contributed by atoms with Crippen molar-refractivity contribution >= 4 is 29.1 Å². The van der Waals surface area contributed by atoms with Crippen LogP contribution in [0.25, 0.3) is 11.3 Å². The fraction of sp³-hybridized carbons (Fsp3) is 0.417. The molecule has 6 aliphatic rings. The van der Waals surface area contributed by atoms with Gasteiger partial charge in [0, 0.05) is 39.6 Å². The standard InChI is InChI=1S/C48H48ClF3N2O5/c1-43-20-17-33(55)26-45(43)23-24-47(35(27-45)41(56)38-16-15-37(59-38)34-25-31(48(50,51)52)13-14-36(34)49)39(43)18-21-44(2)40(47)19-22-46(44,58)29-54(28-30-9-5-3-6-10-30)42(57)53-32-11-7-4-8-12-32/h3-16,23-25,27,33,39-40,55,58H,17-22,26,28-29H2,1-2H3,(H,53,57)/t33?,39-,40-,43-,44+,45+,46-,47-/m1/s1. The van der Waals surface area contributed by atoms with Gasteiger partial charge in [0.15, 0.2) is 5.76 Å². The van der Waals surface area contributed by atoms with Gasteiger partial charge in [0.25, 0.3) is 0 Å². The van der Waals surface area contributed by atoms with Crippen molar-refractivity contribution in [1.82, 2.24) is 4.90 Å². The van der Waals surface area contributed by atoms with Crippen LogP contribution in [0.5, 0.6) is 0 Å². The number of amides is 2. The van der Waals surface area contributed by atoms with Crippen LogP contribution >= 0.6 is 11.6 Å². The monoisotopic (exact) mass is 824 g/mol. The molecule has 6 aliphatic carbocycles. The number of halogens is 4. The molecule has 59 heavy (non-hydrogen) atoms. The number of ketones is 1. The number of carbonyl (C=O) groups is 2. The largest absolute Gasteiger partial charge is 0.453 e. The number of aliphatic hydroxyl groups is 2. The molecule has 1 aromatic heterocycles. The van der Waals surface area contributed by atoms with Crippen molar-refractivity contribution < 1.29 is 37.4 Å². The first-order valence-electron chi connectivity index (χ1n) is 20.5. The Morgan fingerprint density at radius 2 is 1.56 bits per heavy atom. The second kappa shape index (κ2) is 14.0. The molecule has 0 radical (unpaired) electrons. The zero-order valence-corrected chi connectivity index (χ0v) is 33.8. The number of anilines is 1. The number of aliphatic hydroxyl groups excluding tert-OH is 1. The molecule has 3 saturated carbocycles. The van der Waals surface area contributed by atoms with Gasteiger partial charge in [0.1, 0.15) is 5.76 Å². The maximum atomic E-state index is 15.2. The highest BCUT2D eigenvalue weighted by Crippen LogP contribution is 2.78. The molecule has 0 aliphatic heterocycles. The lowest BCUT2D eigenvalue weighted by Crippen LogP contribution is -2.67. The lowest BCUT2D eigenvalue weighted by molar-refractivity contribution is -0.174. The summed E-state index contributed by atoms with van der Waals surface area (Å²) in [6, 6.07) is 24.6. The Kier molecular flexibility index (Phi) is 9.42. The Bertz CT molecular complexity index is 2360. The van der Waals surface area contributed by atoms with E-state index in [1.54, 1.807) is 4.90 Å². The van der Waals surface area contributed by atoms with Crippen LogP contribution in [0.3, 0.4) is 0 Å². The summed E-state index contributed by atoms with van der Waals surface area (Å²) in [4.78, 5) is 31.0. The SMILES string of the molecule is C[C@]12CC[C@H]3[C@]4(C=C[C@@]5(C=C4C(=O)c4ccc(-c6cc(C(F)(F)F)ccc6Cl)o4)CC(O)CC[C@]35C)[C@@H]1CC[C@@]2(O)CN(Cc1ccccc1)C(=O)Nc1ccccc1. The number of alkyl halides is 3. The van der Waals surface area contributed by atoms with E-state index in [2.05, 4.69) is 37.4 Å². The fourth-order valence-electron chi connectivity index (χ4n) is 12.3. The van der Waals surface area contributed by atoms with Crippen molar-refractivity contribution in [1.29, 1.82) is 0 Å². The molecule has 4 aromatic rings. The summed E-state index contributed by atoms with van der Waals surface area (Å²) >= 11 is 6.40. The number of fused-ring (bicyclic) bond motifs is 1. The summed E-state index contributed by atoms with van der Waals surface area (Å²) < 4.78 is 47.3. The number of benzene rings is 3. The van der Waals surface area contributed by atoms with Gasteiger partial charge in [-0.2, -0.15) is 13.2 Å². The summed E-state index contributed by atoms with van der Waals surface area (Å²) in [7, 11) is 0. The molecular weight excluding hydrogens is 777 g/mol. The average Bonchev–Trinajstić information content (AvgIpc) is 3.80. The smallest absolute Gasteiger partial charge is 0.416 e. The number of para-hydroxylation sites is 1. The number of hydrogen-bond acceptors (Lipinski definition) is 5. The normalized spacial score (nSPS) is 33.1. The molecule has 11 heteroatoms. The Hall–Kier alpha value is -4.64. The molecule has 2 spiro atoms. The third-order valence-electron chi connectivity index (χ3n) is 15.3. The first-order valence-corrected chi connectivity index (χ1v) is 20.9. The summed E-state index contributed by atoms with van der Waals surface area (Å²) in [5, 5.41) is 27.3. The van der Waals surface area contributed by atoms with Crippen LogP contribution in [0.2, 0.25) is 5.02 Å². The summed E-state index contributed by atoms with van der Waals surface area (Å²) in [5.74, 6) is -0.567. The van der Waals surface area contributed by atoms with Gasteiger partial charge in [0.05, 0.1) is 28.8 Å². The fourth-order valence-corrected chi connectivity index (χ4v) is 12.5. The Morgan fingerprint density at radius 3 is 2.29 bits per heavy atom. The predicted molar refractivity (Wildman–Crippen MR) is 219 cm³/mol. The number of rotatable bonds is 8. The molecule has 2 bridgehead atoms. The van der Waals surface area contributed by atoms with E-state index >= 15 is 4.79 Å². The van der Waals surface area contributed by atoms with Gasteiger partial charge >= 0.3 is 12.2 Å². The Labute approximate surface area is 346 Å². The predicted octanol–water partition coefficient (Wildman–Crippen LogP) is 11.1. The van der Waals surface area contributed by atoms with E-state index in [1.165, 1.54) is 18.2 Å². The van der Waals surface area contributed by atoms with Crippen molar-refractivity contribution in [2.75, 3.05) is 11.9 Å². The summed E-state index contributed by atoms with van der Waals surface area (Å²) in [5.41, 5.74) is -2.54. The molecule has 3 aromatic carbocycles. The van der Waals surface area contributed by atoms with Gasteiger partial charge in [0.2, 0.25) is 5.78 Å². The second-order valence-electron chi connectivity index (χ2n) is 18.1. The first kappa shape index (κ1) is 39.8. The molecule has 308 valence electrons. The van der Waals surface area contributed by atoms with E-state index in [0.29, 0.717) is 49.8 Å². The molecule has 1 heterocycles. The number of allylic oxidation sites excluding steroid dienone is 4. The minimum Gasteiger partial charge on any atom is -0.453 e. The van der Waals surface area contributed by atoms with Crippen LogP contribution in [0.1, 0.15) is 80.5 Å². The molecule has 3 fully saturated rings. The van der Waals surface area contributed by atoms with Crippen LogP contribution < -0.4 is 5.32 Å². The second-order valence-corrected chi connectivity index (χ2v) is 18.5. The molecule has 10 rings (SSSR count). The van der Waals surface area contributed by atoms with E-state index in [0.717, 1.165) is 24.1 Å². The Morgan fingerprint density at radius 1 is 0.881 bits per heavy atom. The van der Waals surface area contributed by atoms with Gasteiger partial charge in [-0.25, -0.2) is 4.79 Å². The number of nitrogens with one attached hydrogen (secondary N) is 1. The molecule has 0 saturated heterocycles. The van der Waals surface area contributed by atoms with Gasteiger partial charge in [-0.3, -0.25) is 4.79 Å². The van der Waals surface area contributed by atoms with Crippen LogP contribution in [0, 0.1) is 33.5 Å². The molecule has 2 amide bonds. The summed E-state index contributed by atoms with van der Waals surface area (Å²) in [6.45, 7) is 4.75. The van der Waals surface area contributed by atoms with Gasteiger partial charge < -0.3 is 24.8 Å². The highest BCUT2D eigenvalue weighted by Gasteiger charge is 2.74. The van der Waals surface area contributed by atoms with Crippen LogP contribution in [-0.2, 0) is 12.7 Å². The number of furan rings is 1. The molecule has 8 atom stereocenters. The van der Waals surface area contributed by atoms with Gasteiger partial charge in [-0.1, -0.05) is 92.2 Å². The number of urea groups is 1. The quantitative estimate of drug-likeness (QED) is 0.121. The third kappa shape index (κ3) is 6.14. The average molecular weight is 825 g/mol. The van der Waals surface area contributed by atoms with Crippen LogP contribution in [-0.4, -0.2) is 45.2 Å². The van der Waals surface area contributed by atoms with E-state index in [-0.39, 0.29) is 64.3 Å². The number of carbonyl (C=O) groups excluding carboxylic acids is 2. The number of Topliss-reactive ketones (excluding diaryl/α,β-unsaturated/α-hetero) is 1. The minimum atomic E-state index is -4.60. The molecular formula is C48H48ClF3N2O5. The van der Waals surface area contributed by atoms with Crippen molar-refractivity contribution in [3.8, 4) is 11.3 Å². The Balaban J connectivity index is 1.10. The third-order valence-corrected chi connectivity index (χ3v) is 15.7. The van der Waals surface area contributed by atoms with Crippen molar-refractivity contribution in [3.05, 3.63) is 137 Å². The van der Waals surface area contributed by atoms with E-state index in [4.69, 9.17) is 16.0 Å². The van der Waals surface area contributed by atoms with Crippen LogP contribution in [0.4, 0.5) is 23.7 Å². The number of hydrogen-bond donors (Lipinski definition) is 3. The first-order chi connectivity index (χ1) is 28.0. The zero-order valence-electron chi connectivity index (χ0n) is 33.1. The highest BCUT2D eigenvalue weighted by molar-refractivity contribution is 6.33. The molecule has 7 nitrogen and oxygen atoms in total. The number of nitrogens with zero attached hydrogens (tertiary/aromatic N) is 1. The maximum absolute atomic E-state index is 15.2. The lowest BCUT2D eigenvalue weighted by Gasteiger charge is -2.71. The van der Waals surface area contributed by atoms with Crippen LogP contribution in [0.15, 0.2) is 119 Å². The van der Waals surface area contributed by atoms with E-state index < -0.39 is 39.7 Å². The van der Waals surface area contributed by atoms with Crippen molar-refractivity contribution in [2.45, 2.75) is 83.2 Å². The van der Waals surface area contributed by atoms with Gasteiger partial charge in [-0.15, -0.1) is 0 Å². The van der Waals surface area contributed by atoms with Gasteiger partial charge in [-0.05, 0) is 110 Å². The van der Waals surface area contributed by atoms with E-state index in [1.807, 2.05) is 60.7 Å². The van der Waals surface area contributed by atoms with Crippen molar-refractivity contribution in [2.24, 2.45) is 33.5 Å². The highest BCUT2D eigenvalue weighted by atomic mass is 35.5. The summed E-state index contributed by atoms with van der Waals surface area (Å²) in [6.07, 6.45) is 5.54. The topological polar surface area (TPSA) is 103 Å². The van der Waals surface area contributed by atoms with Crippen molar-refractivity contribution in [3.63, 3.8) is 0 Å². The maximum Gasteiger partial charge on any atom is 0.416 e. The van der Waals surface area contributed by atoms with E-state index in [9.17, 15) is 28.2 Å².